The molecule has 1 aromatic rings. The van der Waals surface area contributed by atoms with Crippen molar-refractivity contribution in [1.29, 1.82) is 0 Å². The van der Waals surface area contributed by atoms with Crippen LogP contribution in [0.4, 0.5) is 0 Å². The van der Waals surface area contributed by atoms with Crippen LogP contribution in [0.5, 0.6) is 0 Å². The van der Waals surface area contributed by atoms with Gasteiger partial charge < -0.3 is 4.90 Å². The molecule has 114 valence electrons. The maximum atomic E-state index is 12.3. The van der Waals surface area contributed by atoms with E-state index in [4.69, 9.17) is 0 Å². The molecule has 0 saturated carbocycles. The van der Waals surface area contributed by atoms with Crippen molar-refractivity contribution in [2.75, 3.05) is 12.8 Å². The van der Waals surface area contributed by atoms with Gasteiger partial charge in [-0.2, -0.15) is 0 Å². The molecule has 1 N–H and O–H groups in total. The SMILES string of the molecule is CS(=O)(=O)NC(=O)C(c1ccccc1)N1CCCCC1=O. The van der Waals surface area contributed by atoms with Gasteiger partial charge in [0, 0.05) is 13.0 Å². The van der Waals surface area contributed by atoms with Gasteiger partial charge in [-0.15, -0.1) is 0 Å². The van der Waals surface area contributed by atoms with E-state index >= 15 is 0 Å². The van der Waals surface area contributed by atoms with Gasteiger partial charge in [0.25, 0.3) is 5.91 Å². The maximum Gasteiger partial charge on any atom is 0.260 e. The number of amides is 2. The molecule has 21 heavy (non-hydrogen) atoms. The molecule has 2 amide bonds. The number of carbonyl (C=O) groups is 2. The van der Waals surface area contributed by atoms with Crippen LogP contribution >= 0.6 is 0 Å². The number of hydrogen-bond acceptors (Lipinski definition) is 4. The van der Waals surface area contributed by atoms with E-state index in [1.54, 1.807) is 30.3 Å². The fourth-order valence-electron chi connectivity index (χ4n) is 2.45. The van der Waals surface area contributed by atoms with Gasteiger partial charge in [-0.1, -0.05) is 30.3 Å². The standard InChI is InChI=1S/C14H18N2O4S/c1-21(19,20)15-14(18)13(11-7-3-2-4-8-11)16-10-6-5-9-12(16)17/h2-4,7-8,13H,5-6,9-10H2,1H3,(H,15,18). The zero-order valence-corrected chi connectivity index (χ0v) is 12.6. The summed E-state index contributed by atoms with van der Waals surface area (Å²) in [6.07, 6.45) is 2.91. The number of nitrogens with one attached hydrogen (secondary N) is 1. The second kappa shape index (κ2) is 6.26. The van der Waals surface area contributed by atoms with E-state index in [1.807, 2.05) is 4.72 Å². The van der Waals surface area contributed by atoms with Crippen LogP contribution in [-0.2, 0) is 19.6 Å². The highest BCUT2D eigenvalue weighted by atomic mass is 32.2. The monoisotopic (exact) mass is 310 g/mol. The molecule has 1 atom stereocenters. The minimum atomic E-state index is -3.67. The number of nitrogens with zero attached hydrogens (tertiary/aromatic N) is 1. The van der Waals surface area contributed by atoms with E-state index in [0.717, 1.165) is 19.1 Å². The van der Waals surface area contributed by atoms with Crippen LogP contribution in [0, 0.1) is 0 Å². The van der Waals surface area contributed by atoms with Crippen LogP contribution in [0.2, 0.25) is 0 Å². The van der Waals surface area contributed by atoms with Gasteiger partial charge >= 0.3 is 0 Å². The van der Waals surface area contributed by atoms with Crippen LogP contribution in [0.25, 0.3) is 0 Å². The Bertz CT molecular complexity index is 628. The van der Waals surface area contributed by atoms with Gasteiger partial charge in [-0.3, -0.25) is 14.3 Å². The van der Waals surface area contributed by atoms with Gasteiger partial charge in [0.05, 0.1) is 6.26 Å². The fraction of sp³-hybridized carbons (Fsp3) is 0.429. The molecule has 1 heterocycles. The molecule has 0 aromatic heterocycles. The topological polar surface area (TPSA) is 83.6 Å². The van der Waals surface area contributed by atoms with Crippen LogP contribution in [0.3, 0.4) is 0 Å². The summed E-state index contributed by atoms with van der Waals surface area (Å²) in [4.78, 5) is 25.9. The Balaban J connectivity index is 2.34. The lowest BCUT2D eigenvalue weighted by Crippen LogP contribution is -2.46. The zero-order chi connectivity index (χ0) is 15.5. The first-order chi connectivity index (χ1) is 9.88. The highest BCUT2D eigenvalue weighted by Gasteiger charge is 2.33. The summed E-state index contributed by atoms with van der Waals surface area (Å²) in [5.74, 6) is -0.822. The second-order valence-electron chi connectivity index (χ2n) is 5.10. The van der Waals surface area contributed by atoms with Crippen molar-refractivity contribution >= 4 is 21.8 Å². The van der Waals surface area contributed by atoms with Gasteiger partial charge in [-0.25, -0.2) is 8.42 Å². The van der Waals surface area contributed by atoms with Crippen molar-refractivity contribution < 1.29 is 18.0 Å². The number of benzene rings is 1. The number of hydrogen-bond donors (Lipinski definition) is 1. The van der Waals surface area contributed by atoms with Crippen molar-refractivity contribution in [3.8, 4) is 0 Å². The first-order valence-electron chi connectivity index (χ1n) is 6.74. The lowest BCUT2D eigenvalue weighted by molar-refractivity contribution is -0.142. The predicted molar refractivity (Wildman–Crippen MR) is 77.7 cm³/mol. The van der Waals surface area contributed by atoms with E-state index in [2.05, 4.69) is 0 Å². The largest absolute Gasteiger partial charge is 0.327 e. The maximum absolute atomic E-state index is 12.3. The molecule has 1 aromatic carbocycles. The molecule has 1 aliphatic heterocycles. The van der Waals surface area contributed by atoms with Gasteiger partial charge in [0.1, 0.15) is 6.04 Å². The summed E-state index contributed by atoms with van der Waals surface area (Å²) in [5, 5.41) is 0. The Morgan fingerprint density at radius 1 is 1.24 bits per heavy atom. The summed E-state index contributed by atoms with van der Waals surface area (Å²) < 4.78 is 24.6. The fourth-order valence-corrected chi connectivity index (χ4v) is 2.92. The average Bonchev–Trinajstić information content (AvgIpc) is 2.40. The number of likely N-dealkylation sites (tertiary alicyclic amines) is 1. The van der Waals surface area contributed by atoms with Crippen LogP contribution in [0.1, 0.15) is 30.9 Å². The first-order valence-corrected chi connectivity index (χ1v) is 8.63. The molecule has 1 aliphatic rings. The lowest BCUT2D eigenvalue weighted by Gasteiger charge is -2.33. The molecule has 0 spiro atoms. The van der Waals surface area contributed by atoms with E-state index in [-0.39, 0.29) is 5.91 Å². The van der Waals surface area contributed by atoms with Crippen LogP contribution in [-0.4, -0.2) is 37.9 Å². The minimum absolute atomic E-state index is 0.126. The minimum Gasteiger partial charge on any atom is -0.327 e. The Morgan fingerprint density at radius 3 is 2.48 bits per heavy atom. The lowest BCUT2D eigenvalue weighted by atomic mass is 10.0. The molecule has 0 aliphatic carbocycles. The van der Waals surface area contributed by atoms with Crippen molar-refractivity contribution in [2.24, 2.45) is 0 Å². The van der Waals surface area contributed by atoms with E-state index in [1.165, 1.54) is 4.90 Å². The van der Waals surface area contributed by atoms with E-state index in [9.17, 15) is 18.0 Å². The Kier molecular flexibility index (Phi) is 4.62. The molecule has 7 heteroatoms. The number of rotatable bonds is 4. The first kappa shape index (κ1) is 15.5. The highest BCUT2D eigenvalue weighted by molar-refractivity contribution is 7.89. The normalized spacial score (nSPS) is 17.4. The van der Waals surface area contributed by atoms with Gasteiger partial charge in [0.2, 0.25) is 15.9 Å². The third kappa shape index (κ3) is 4.04. The number of sulfonamides is 1. The quantitative estimate of drug-likeness (QED) is 0.892. The van der Waals surface area contributed by atoms with Crippen molar-refractivity contribution in [3.63, 3.8) is 0 Å². The highest BCUT2D eigenvalue weighted by Crippen LogP contribution is 2.25. The number of carbonyl (C=O) groups excluding carboxylic acids is 2. The van der Waals surface area contributed by atoms with Crippen LogP contribution < -0.4 is 4.72 Å². The Morgan fingerprint density at radius 2 is 1.90 bits per heavy atom. The molecule has 1 fully saturated rings. The van der Waals surface area contributed by atoms with E-state index < -0.39 is 22.0 Å². The smallest absolute Gasteiger partial charge is 0.260 e. The van der Waals surface area contributed by atoms with Gasteiger partial charge in [-0.05, 0) is 18.4 Å². The molecule has 1 saturated heterocycles. The molecule has 0 bridgehead atoms. The zero-order valence-electron chi connectivity index (χ0n) is 11.8. The van der Waals surface area contributed by atoms with Crippen LogP contribution in [0.15, 0.2) is 30.3 Å². The van der Waals surface area contributed by atoms with Gasteiger partial charge in [0.15, 0.2) is 0 Å². The third-order valence-electron chi connectivity index (χ3n) is 3.32. The van der Waals surface area contributed by atoms with Crippen molar-refractivity contribution in [1.82, 2.24) is 9.62 Å². The van der Waals surface area contributed by atoms with E-state index in [0.29, 0.717) is 18.5 Å². The summed E-state index contributed by atoms with van der Waals surface area (Å²) in [5.41, 5.74) is 0.605. The molecule has 0 radical (unpaired) electrons. The second-order valence-corrected chi connectivity index (χ2v) is 6.84. The molecule has 6 nitrogen and oxygen atoms in total. The Labute approximate surface area is 124 Å². The molecular formula is C14H18N2O4S. The predicted octanol–water partition coefficient (Wildman–Crippen LogP) is 0.816. The summed E-state index contributed by atoms with van der Waals surface area (Å²) in [7, 11) is -3.67. The molecule has 1 unspecified atom stereocenters. The average molecular weight is 310 g/mol. The summed E-state index contributed by atoms with van der Waals surface area (Å²) >= 11 is 0. The summed E-state index contributed by atoms with van der Waals surface area (Å²) in [6.45, 7) is 0.454. The van der Waals surface area contributed by atoms with Crippen molar-refractivity contribution in [3.05, 3.63) is 35.9 Å². The molecular weight excluding hydrogens is 292 g/mol. The number of piperidine rings is 1. The van der Waals surface area contributed by atoms with Crippen molar-refractivity contribution in [2.45, 2.75) is 25.3 Å². The Hall–Kier alpha value is -1.89. The summed E-state index contributed by atoms with van der Waals surface area (Å²) in [6, 6.07) is 7.83. The molecule has 2 rings (SSSR count). The third-order valence-corrected chi connectivity index (χ3v) is 3.89.